The second kappa shape index (κ2) is 8.26. The normalized spacial score (nSPS) is 11.5. The van der Waals surface area contributed by atoms with Crippen LogP contribution in [0.4, 0.5) is 4.39 Å². The molecule has 158 valence electrons. The molecule has 0 aliphatic carbocycles. The van der Waals surface area contributed by atoms with E-state index < -0.39 is 0 Å². The van der Waals surface area contributed by atoms with Crippen LogP contribution in [0.1, 0.15) is 36.1 Å². The quantitative estimate of drug-likeness (QED) is 0.311. The Hall–Kier alpha value is -3.00. The first-order valence-corrected chi connectivity index (χ1v) is 11.0. The van der Waals surface area contributed by atoms with Gasteiger partial charge in [-0.2, -0.15) is 0 Å². The molecule has 0 unspecified atom stereocenters. The van der Waals surface area contributed by atoms with E-state index >= 15 is 0 Å². The van der Waals surface area contributed by atoms with Crippen LogP contribution in [0.3, 0.4) is 0 Å². The molecule has 1 aromatic heterocycles. The monoisotopic (exact) mass is 412 g/mol. The maximum absolute atomic E-state index is 13.6. The van der Waals surface area contributed by atoms with E-state index in [-0.39, 0.29) is 5.82 Å². The zero-order valence-corrected chi connectivity index (χ0v) is 19.4. The fourth-order valence-electron chi connectivity index (χ4n) is 4.54. The summed E-state index contributed by atoms with van der Waals surface area (Å²) in [7, 11) is 2.11. The number of halogens is 1. The van der Waals surface area contributed by atoms with Crippen molar-refractivity contribution < 1.29 is 8.96 Å². The van der Waals surface area contributed by atoms with E-state index in [4.69, 9.17) is 0 Å². The third-order valence-corrected chi connectivity index (χ3v) is 6.15. The van der Waals surface area contributed by atoms with Crippen LogP contribution in [-0.4, -0.2) is 0 Å². The van der Waals surface area contributed by atoms with Crippen LogP contribution in [0.15, 0.2) is 60.8 Å². The van der Waals surface area contributed by atoms with Gasteiger partial charge in [0, 0.05) is 11.6 Å². The van der Waals surface area contributed by atoms with E-state index in [1.165, 1.54) is 44.3 Å². The summed E-state index contributed by atoms with van der Waals surface area (Å²) in [6, 6.07) is 18.3. The average molecular weight is 413 g/mol. The first kappa shape index (κ1) is 21.2. The minimum atomic E-state index is -0.204. The molecule has 4 aromatic rings. The standard InChI is InChI=1S/C29H31FN/c1-18(2)11-22-14-24-16-29(26-13-19(3)12-20(4)21(26)5)31(6)17-28(24)27(15-22)23-7-9-25(30)10-8-23/h7-10,12-18H,11H2,1-6H3/q+1. The Morgan fingerprint density at radius 3 is 2.26 bits per heavy atom. The number of aryl methyl sites for hydroxylation is 3. The zero-order valence-electron chi connectivity index (χ0n) is 19.4. The van der Waals surface area contributed by atoms with Crippen LogP contribution in [0.2, 0.25) is 0 Å². The summed E-state index contributed by atoms with van der Waals surface area (Å²) in [6.45, 7) is 11.0. The van der Waals surface area contributed by atoms with Gasteiger partial charge in [0.15, 0.2) is 6.20 Å². The van der Waals surface area contributed by atoms with Crippen molar-refractivity contribution in [2.45, 2.75) is 41.0 Å². The van der Waals surface area contributed by atoms with Gasteiger partial charge in [0.25, 0.3) is 0 Å². The summed E-state index contributed by atoms with van der Waals surface area (Å²) in [5, 5.41) is 2.41. The molecule has 3 aromatic carbocycles. The van der Waals surface area contributed by atoms with Gasteiger partial charge in [-0.15, -0.1) is 0 Å². The molecule has 0 saturated heterocycles. The number of pyridine rings is 1. The lowest BCUT2D eigenvalue weighted by atomic mass is 9.91. The summed E-state index contributed by atoms with van der Waals surface area (Å²) in [6.07, 6.45) is 3.24. The van der Waals surface area contributed by atoms with Crippen molar-refractivity contribution in [2.75, 3.05) is 0 Å². The first-order valence-electron chi connectivity index (χ1n) is 11.0. The predicted molar refractivity (Wildman–Crippen MR) is 129 cm³/mol. The van der Waals surface area contributed by atoms with Gasteiger partial charge in [-0.05, 0) is 84.5 Å². The highest BCUT2D eigenvalue weighted by molar-refractivity contribution is 5.97. The third-order valence-electron chi connectivity index (χ3n) is 6.15. The van der Waals surface area contributed by atoms with Crippen molar-refractivity contribution in [1.82, 2.24) is 0 Å². The van der Waals surface area contributed by atoms with Crippen LogP contribution < -0.4 is 4.57 Å². The molecule has 2 heteroatoms. The molecular formula is C29H31FN+. The molecular weight excluding hydrogens is 381 g/mol. The number of hydrogen-bond donors (Lipinski definition) is 0. The van der Waals surface area contributed by atoms with Crippen molar-refractivity contribution in [3.05, 3.63) is 88.9 Å². The molecule has 1 heterocycles. The third kappa shape index (κ3) is 4.25. The number of benzene rings is 3. The Bertz CT molecular complexity index is 1270. The molecule has 0 N–H and O–H groups in total. The van der Waals surface area contributed by atoms with E-state index in [0.717, 1.165) is 17.5 Å². The second-order valence-electron chi connectivity index (χ2n) is 9.28. The summed E-state index contributed by atoms with van der Waals surface area (Å²) in [5.74, 6) is 0.365. The van der Waals surface area contributed by atoms with Crippen LogP contribution in [0.5, 0.6) is 0 Å². The van der Waals surface area contributed by atoms with E-state index in [0.29, 0.717) is 5.92 Å². The van der Waals surface area contributed by atoms with E-state index in [2.05, 4.69) is 82.8 Å². The van der Waals surface area contributed by atoms with E-state index in [1.54, 1.807) is 12.1 Å². The SMILES string of the molecule is Cc1cc(C)c(C)c(-c2cc3cc(CC(C)C)cc(-c4ccc(F)cc4)c3c[n+]2C)c1. The molecule has 0 amide bonds. The number of hydrogen-bond acceptors (Lipinski definition) is 0. The molecule has 0 aliphatic rings. The minimum Gasteiger partial charge on any atom is -0.207 e. The van der Waals surface area contributed by atoms with Crippen molar-refractivity contribution in [1.29, 1.82) is 0 Å². The van der Waals surface area contributed by atoms with Gasteiger partial charge in [-0.1, -0.05) is 49.7 Å². The van der Waals surface area contributed by atoms with Crippen molar-refractivity contribution in [3.63, 3.8) is 0 Å². The summed E-state index contributed by atoms with van der Waals surface area (Å²) >= 11 is 0. The molecule has 0 fully saturated rings. The lowest BCUT2D eigenvalue weighted by molar-refractivity contribution is -0.659. The number of nitrogens with zero attached hydrogens (tertiary/aromatic N) is 1. The maximum Gasteiger partial charge on any atom is 0.213 e. The molecule has 1 nitrogen and oxygen atoms in total. The van der Waals surface area contributed by atoms with Gasteiger partial charge in [0.05, 0.1) is 5.39 Å². The zero-order chi connectivity index (χ0) is 22.3. The summed E-state index contributed by atoms with van der Waals surface area (Å²) in [4.78, 5) is 0. The van der Waals surface area contributed by atoms with Crippen LogP contribution in [-0.2, 0) is 13.5 Å². The predicted octanol–water partition coefficient (Wildman–Crippen LogP) is 7.26. The topological polar surface area (TPSA) is 3.88 Å². The Morgan fingerprint density at radius 2 is 1.58 bits per heavy atom. The lowest BCUT2D eigenvalue weighted by Gasteiger charge is -2.14. The van der Waals surface area contributed by atoms with Gasteiger partial charge in [0.1, 0.15) is 12.9 Å². The highest BCUT2D eigenvalue weighted by atomic mass is 19.1. The Kier molecular flexibility index (Phi) is 5.66. The fourth-order valence-corrected chi connectivity index (χ4v) is 4.54. The molecule has 0 aliphatic heterocycles. The Morgan fingerprint density at radius 1 is 0.871 bits per heavy atom. The summed E-state index contributed by atoms with van der Waals surface area (Å²) in [5.41, 5.74) is 9.92. The van der Waals surface area contributed by atoms with Crippen molar-refractivity contribution in [2.24, 2.45) is 13.0 Å². The smallest absolute Gasteiger partial charge is 0.207 e. The number of rotatable bonds is 4. The largest absolute Gasteiger partial charge is 0.213 e. The molecule has 0 bridgehead atoms. The molecule has 31 heavy (non-hydrogen) atoms. The summed E-state index contributed by atoms with van der Waals surface area (Å²) < 4.78 is 15.8. The average Bonchev–Trinajstić information content (AvgIpc) is 2.70. The maximum atomic E-state index is 13.6. The van der Waals surface area contributed by atoms with Gasteiger partial charge in [-0.25, -0.2) is 8.96 Å². The van der Waals surface area contributed by atoms with Crippen LogP contribution >= 0.6 is 0 Å². The fraction of sp³-hybridized carbons (Fsp3) is 0.276. The highest BCUT2D eigenvalue weighted by Crippen LogP contribution is 2.33. The molecule has 0 radical (unpaired) electrons. The minimum absolute atomic E-state index is 0.204. The van der Waals surface area contributed by atoms with Crippen molar-refractivity contribution >= 4 is 10.8 Å². The van der Waals surface area contributed by atoms with E-state index in [1.807, 2.05) is 12.1 Å². The van der Waals surface area contributed by atoms with Crippen LogP contribution in [0.25, 0.3) is 33.2 Å². The Balaban J connectivity index is 2.00. The van der Waals surface area contributed by atoms with Gasteiger partial charge < -0.3 is 0 Å². The van der Waals surface area contributed by atoms with Gasteiger partial charge >= 0.3 is 0 Å². The number of fused-ring (bicyclic) bond motifs is 1. The highest BCUT2D eigenvalue weighted by Gasteiger charge is 2.18. The number of aromatic nitrogens is 1. The molecule has 4 rings (SSSR count). The second-order valence-corrected chi connectivity index (χ2v) is 9.28. The lowest BCUT2D eigenvalue weighted by Crippen LogP contribution is -2.30. The van der Waals surface area contributed by atoms with Gasteiger partial charge in [-0.3, -0.25) is 0 Å². The van der Waals surface area contributed by atoms with Gasteiger partial charge in [0.2, 0.25) is 5.69 Å². The molecule has 0 saturated carbocycles. The van der Waals surface area contributed by atoms with Crippen LogP contribution in [0, 0.1) is 32.5 Å². The molecule has 0 atom stereocenters. The Labute approximate surface area is 185 Å². The van der Waals surface area contributed by atoms with Crippen molar-refractivity contribution in [3.8, 4) is 22.4 Å². The first-order chi connectivity index (χ1) is 14.7. The molecule has 0 spiro atoms. The van der Waals surface area contributed by atoms with E-state index in [9.17, 15) is 4.39 Å².